The number of nitroso groups, excluding NO2 is 1. The van der Waals surface area contributed by atoms with Gasteiger partial charge in [0.25, 0.3) is 5.69 Å². The van der Waals surface area contributed by atoms with Crippen molar-refractivity contribution >= 4 is 22.9 Å². The molecule has 1 aliphatic carbocycles. The van der Waals surface area contributed by atoms with Crippen LogP contribution in [0.15, 0.2) is 41.6 Å². The molecule has 0 bridgehead atoms. The summed E-state index contributed by atoms with van der Waals surface area (Å²) in [4.78, 5) is 46.0. The van der Waals surface area contributed by atoms with Crippen molar-refractivity contribution in [1.82, 2.24) is 0 Å². The summed E-state index contributed by atoms with van der Waals surface area (Å²) < 4.78 is 0. The fourth-order valence-electron chi connectivity index (χ4n) is 2.43. The highest BCUT2D eigenvalue weighted by molar-refractivity contribution is 6.31. The van der Waals surface area contributed by atoms with Crippen molar-refractivity contribution in [3.8, 4) is 0 Å². The summed E-state index contributed by atoms with van der Waals surface area (Å²) in [5, 5.41) is 13.8. The Labute approximate surface area is 117 Å². The van der Waals surface area contributed by atoms with Gasteiger partial charge in [-0.05, 0) is 17.3 Å². The maximum Gasteiger partial charge on any atom is 0.281 e. The zero-order valence-corrected chi connectivity index (χ0v) is 10.4. The Morgan fingerprint density at radius 1 is 0.905 bits per heavy atom. The van der Waals surface area contributed by atoms with E-state index in [0.717, 1.165) is 6.07 Å². The van der Waals surface area contributed by atoms with Crippen LogP contribution in [0.25, 0.3) is 0 Å². The first-order chi connectivity index (χ1) is 10.1. The van der Waals surface area contributed by atoms with Crippen molar-refractivity contribution in [2.24, 2.45) is 5.18 Å². The molecule has 0 saturated carbocycles. The second kappa shape index (κ2) is 4.41. The first kappa shape index (κ1) is 12.8. The number of nitro benzene ring substituents is 1. The minimum Gasteiger partial charge on any atom is -0.289 e. The van der Waals surface area contributed by atoms with Crippen LogP contribution in [0.3, 0.4) is 0 Å². The molecule has 3 rings (SSSR count). The number of benzene rings is 2. The lowest BCUT2D eigenvalue weighted by molar-refractivity contribution is -0.385. The fourth-order valence-corrected chi connectivity index (χ4v) is 2.43. The van der Waals surface area contributed by atoms with Gasteiger partial charge in [-0.25, -0.2) is 0 Å². The average Bonchev–Trinajstić information content (AvgIpc) is 2.50. The van der Waals surface area contributed by atoms with Gasteiger partial charge in [-0.3, -0.25) is 19.7 Å². The molecule has 0 radical (unpaired) electrons. The van der Waals surface area contributed by atoms with Crippen molar-refractivity contribution in [3.63, 3.8) is 0 Å². The summed E-state index contributed by atoms with van der Waals surface area (Å²) >= 11 is 0. The van der Waals surface area contributed by atoms with Crippen LogP contribution < -0.4 is 0 Å². The minimum atomic E-state index is -0.734. The topological polar surface area (TPSA) is 107 Å². The second-order valence-corrected chi connectivity index (χ2v) is 4.41. The van der Waals surface area contributed by atoms with Crippen LogP contribution in [-0.4, -0.2) is 16.5 Å². The van der Waals surface area contributed by atoms with Gasteiger partial charge in [0.2, 0.25) is 5.78 Å². The molecular formula is C14H6N2O5. The van der Waals surface area contributed by atoms with Crippen LogP contribution in [0.5, 0.6) is 0 Å². The number of carbonyl (C=O) groups is 2. The quantitative estimate of drug-likeness (QED) is 0.408. The molecule has 7 nitrogen and oxygen atoms in total. The monoisotopic (exact) mass is 282 g/mol. The molecule has 2 aromatic carbocycles. The molecule has 0 amide bonds. The molecule has 0 saturated heterocycles. The first-order valence-corrected chi connectivity index (χ1v) is 5.89. The summed E-state index contributed by atoms with van der Waals surface area (Å²) in [6, 6.07) is 7.96. The maximum absolute atomic E-state index is 12.5. The number of nitro groups is 1. The Balaban J connectivity index is 2.39. The SMILES string of the molecule is O=Nc1cccc2c1C(=O)c1c(cccc1[N+](=O)[O-])C2=O. The lowest BCUT2D eigenvalue weighted by atomic mass is 9.82. The molecule has 21 heavy (non-hydrogen) atoms. The number of hydrogen-bond acceptors (Lipinski definition) is 6. The Kier molecular flexibility index (Phi) is 2.69. The van der Waals surface area contributed by atoms with Gasteiger partial charge in [0.15, 0.2) is 5.78 Å². The maximum atomic E-state index is 12.5. The molecule has 0 aliphatic heterocycles. The van der Waals surface area contributed by atoms with Gasteiger partial charge in [-0.2, -0.15) is 0 Å². The Hall–Kier alpha value is -3.22. The average molecular weight is 282 g/mol. The number of ketones is 2. The third-order valence-electron chi connectivity index (χ3n) is 3.32. The van der Waals surface area contributed by atoms with Gasteiger partial charge < -0.3 is 0 Å². The van der Waals surface area contributed by atoms with Gasteiger partial charge >= 0.3 is 0 Å². The van der Waals surface area contributed by atoms with Gasteiger partial charge in [0.05, 0.1) is 10.5 Å². The summed E-state index contributed by atoms with van der Waals surface area (Å²) in [7, 11) is 0. The van der Waals surface area contributed by atoms with Crippen LogP contribution in [0.4, 0.5) is 11.4 Å². The van der Waals surface area contributed by atoms with E-state index in [4.69, 9.17) is 0 Å². The van der Waals surface area contributed by atoms with Crippen molar-refractivity contribution in [1.29, 1.82) is 0 Å². The van der Waals surface area contributed by atoms with Gasteiger partial charge in [-0.1, -0.05) is 18.2 Å². The third kappa shape index (κ3) is 1.68. The number of fused-ring (bicyclic) bond motifs is 2. The third-order valence-corrected chi connectivity index (χ3v) is 3.32. The van der Waals surface area contributed by atoms with Crippen LogP contribution >= 0.6 is 0 Å². The van der Waals surface area contributed by atoms with Crippen LogP contribution in [0.2, 0.25) is 0 Å². The molecular weight excluding hydrogens is 276 g/mol. The van der Waals surface area contributed by atoms with E-state index in [2.05, 4.69) is 5.18 Å². The van der Waals surface area contributed by atoms with Gasteiger partial charge in [0.1, 0.15) is 11.3 Å². The number of carbonyl (C=O) groups excluding carboxylic acids is 2. The predicted molar refractivity (Wildman–Crippen MR) is 71.9 cm³/mol. The Morgan fingerprint density at radius 2 is 1.52 bits per heavy atom. The highest BCUT2D eigenvalue weighted by Gasteiger charge is 2.37. The van der Waals surface area contributed by atoms with E-state index in [1.807, 2.05) is 0 Å². The normalized spacial score (nSPS) is 12.6. The van der Waals surface area contributed by atoms with E-state index in [1.54, 1.807) is 0 Å². The number of rotatable bonds is 2. The van der Waals surface area contributed by atoms with Crippen molar-refractivity contribution in [2.45, 2.75) is 0 Å². The molecule has 2 aromatic rings. The molecule has 0 unspecified atom stereocenters. The van der Waals surface area contributed by atoms with Crippen molar-refractivity contribution in [2.75, 3.05) is 0 Å². The largest absolute Gasteiger partial charge is 0.289 e. The number of nitrogens with zero attached hydrogens (tertiary/aromatic N) is 2. The van der Waals surface area contributed by atoms with Crippen LogP contribution in [0, 0.1) is 15.0 Å². The zero-order chi connectivity index (χ0) is 15.1. The summed E-state index contributed by atoms with van der Waals surface area (Å²) in [6.07, 6.45) is 0. The van der Waals surface area contributed by atoms with Crippen LogP contribution in [0.1, 0.15) is 31.8 Å². The van der Waals surface area contributed by atoms with Crippen molar-refractivity contribution < 1.29 is 14.5 Å². The molecule has 102 valence electrons. The van der Waals surface area contributed by atoms with Gasteiger partial charge in [0, 0.05) is 17.2 Å². The molecule has 0 heterocycles. The molecule has 0 aromatic heterocycles. The van der Waals surface area contributed by atoms with Crippen LogP contribution in [-0.2, 0) is 0 Å². The smallest absolute Gasteiger partial charge is 0.281 e. The lowest BCUT2D eigenvalue weighted by Crippen LogP contribution is -2.22. The first-order valence-electron chi connectivity index (χ1n) is 5.89. The molecule has 7 heteroatoms. The second-order valence-electron chi connectivity index (χ2n) is 4.41. The highest BCUT2D eigenvalue weighted by Crippen LogP contribution is 2.36. The molecule has 1 aliphatic rings. The van der Waals surface area contributed by atoms with E-state index in [0.29, 0.717) is 0 Å². The molecule has 0 fully saturated rings. The zero-order valence-electron chi connectivity index (χ0n) is 10.4. The lowest BCUT2D eigenvalue weighted by Gasteiger charge is -2.17. The minimum absolute atomic E-state index is 0.0325. The van der Waals surface area contributed by atoms with E-state index in [9.17, 15) is 24.6 Å². The van der Waals surface area contributed by atoms with Crippen molar-refractivity contribution in [3.05, 3.63) is 73.7 Å². The summed E-state index contributed by atoms with van der Waals surface area (Å²) in [5.41, 5.74) is -1.14. The molecule has 0 spiro atoms. The predicted octanol–water partition coefficient (Wildman–Crippen LogP) is 2.77. The van der Waals surface area contributed by atoms with E-state index >= 15 is 0 Å². The summed E-state index contributed by atoms with van der Waals surface area (Å²) in [6.45, 7) is 0. The molecule has 0 N–H and O–H groups in total. The fraction of sp³-hybridized carbons (Fsp3) is 0. The molecule has 0 atom stereocenters. The van der Waals surface area contributed by atoms with Gasteiger partial charge in [-0.15, -0.1) is 4.91 Å². The number of hydrogen-bond donors (Lipinski definition) is 0. The Bertz CT molecular complexity index is 841. The Morgan fingerprint density at radius 3 is 2.14 bits per heavy atom. The van der Waals surface area contributed by atoms with E-state index < -0.39 is 22.2 Å². The standard InChI is InChI=1S/C14H6N2O5/c17-13-7-3-1-5-9(15-19)11(7)14(18)12-8(13)4-2-6-10(12)16(20)21/h1-6H. The summed E-state index contributed by atoms with van der Waals surface area (Å²) in [5.74, 6) is -1.27. The highest BCUT2D eigenvalue weighted by atomic mass is 16.6. The van der Waals surface area contributed by atoms with E-state index in [-0.39, 0.29) is 27.9 Å². The van der Waals surface area contributed by atoms with E-state index in [1.165, 1.54) is 30.3 Å².